The van der Waals surface area contributed by atoms with Crippen LogP contribution in [0.25, 0.3) is 0 Å². The highest BCUT2D eigenvalue weighted by molar-refractivity contribution is 7.20. The number of aliphatic imine (C=N–C) groups is 1. The summed E-state index contributed by atoms with van der Waals surface area (Å²) in [6, 6.07) is 7.02. The molecule has 0 radical (unpaired) electrons. The highest BCUT2D eigenvalue weighted by Gasteiger charge is 2.09. The maximum absolute atomic E-state index is 12.3. The van der Waals surface area contributed by atoms with E-state index in [1.807, 2.05) is 0 Å². The average molecular weight is 584 g/mol. The standard InChI is InChI=1S/C25H25N7O6S2/c1-14-12-31(24(37)29-22(14)35)9-7-17(33)27-20-4-3-16(39-20)11-26-19-5-6-21(40-19)28-18(34)8-10-32-13-15(2)23(36)30-25(32)38/h3-6,11-13H,7-10H2,1-2H3,(H,27,33)(H,28,34)(H,29,35,37)(H,30,36,38)/b26-11+. The van der Waals surface area contributed by atoms with Crippen LogP contribution in [-0.2, 0) is 22.7 Å². The summed E-state index contributed by atoms with van der Waals surface area (Å²) in [4.78, 5) is 80.9. The minimum absolute atomic E-state index is 0.0484. The number of amides is 2. The van der Waals surface area contributed by atoms with Crippen molar-refractivity contribution in [2.24, 2.45) is 4.99 Å². The third-order valence-electron chi connectivity index (χ3n) is 5.60. The van der Waals surface area contributed by atoms with Crippen molar-refractivity contribution >= 4 is 55.7 Å². The highest BCUT2D eigenvalue weighted by atomic mass is 32.1. The molecule has 40 heavy (non-hydrogen) atoms. The summed E-state index contributed by atoms with van der Waals surface area (Å²) in [5, 5.41) is 7.42. The second kappa shape index (κ2) is 12.5. The second-order valence-corrected chi connectivity index (χ2v) is 10.9. The van der Waals surface area contributed by atoms with Crippen LogP contribution in [0.2, 0.25) is 0 Å². The van der Waals surface area contributed by atoms with Gasteiger partial charge in [-0.15, -0.1) is 11.3 Å². The molecule has 208 valence electrons. The Morgan fingerprint density at radius 3 is 1.85 bits per heavy atom. The Balaban J connectivity index is 1.26. The number of carbonyl (C=O) groups excluding carboxylic acids is 2. The molecule has 0 bridgehead atoms. The minimum atomic E-state index is -0.565. The van der Waals surface area contributed by atoms with E-state index in [0.29, 0.717) is 26.1 Å². The van der Waals surface area contributed by atoms with E-state index in [1.54, 1.807) is 44.3 Å². The minimum Gasteiger partial charge on any atom is -0.318 e. The van der Waals surface area contributed by atoms with Gasteiger partial charge in [0.25, 0.3) is 11.1 Å². The number of nitrogens with zero attached hydrogens (tertiary/aromatic N) is 3. The molecule has 4 aromatic heterocycles. The molecule has 4 N–H and O–H groups in total. The number of aromatic nitrogens is 4. The van der Waals surface area contributed by atoms with Crippen molar-refractivity contribution in [2.75, 3.05) is 10.6 Å². The predicted molar refractivity (Wildman–Crippen MR) is 155 cm³/mol. The third-order valence-corrected chi connectivity index (χ3v) is 7.44. The van der Waals surface area contributed by atoms with Gasteiger partial charge in [-0.05, 0) is 38.1 Å². The van der Waals surface area contributed by atoms with Gasteiger partial charge in [0.05, 0.1) is 10.0 Å². The molecule has 0 aromatic carbocycles. The van der Waals surface area contributed by atoms with Crippen molar-refractivity contribution in [3.05, 3.63) is 94.3 Å². The number of carbonyl (C=O) groups is 2. The van der Waals surface area contributed by atoms with E-state index in [4.69, 9.17) is 0 Å². The molecule has 0 saturated heterocycles. The molecule has 4 aromatic rings. The molecule has 15 heteroatoms. The molecule has 0 spiro atoms. The van der Waals surface area contributed by atoms with Gasteiger partial charge in [-0.25, -0.2) is 14.6 Å². The fourth-order valence-electron chi connectivity index (χ4n) is 3.49. The summed E-state index contributed by atoms with van der Waals surface area (Å²) in [5.41, 5.74) is -1.25. The maximum Gasteiger partial charge on any atom is 0.328 e. The zero-order valence-electron chi connectivity index (χ0n) is 21.5. The Morgan fingerprint density at radius 2 is 1.30 bits per heavy atom. The number of aryl methyl sites for hydroxylation is 4. The fourth-order valence-corrected chi connectivity index (χ4v) is 5.06. The Morgan fingerprint density at radius 1 is 0.800 bits per heavy atom. The summed E-state index contributed by atoms with van der Waals surface area (Å²) in [5.74, 6) is -0.562. The number of hydrogen-bond acceptors (Lipinski definition) is 9. The molecule has 13 nitrogen and oxygen atoms in total. The Hall–Kier alpha value is -4.63. The topological polar surface area (TPSA) is 180 Å². The molecule has 4 heterocycles. The van der Waals surface area contributed by atoms with E-state index in [-0.39, 0.29) is 37.7 Å². The van der Waals surface area contributed by atoms with Crippen molar-refractivity contribution in [2.45, 2.75) is 39.8 Å². The summed E-state index contributed by atoms with van der Waals surface area (Å²) in [6.45, 7) is 3.42. The van der Waals surface area contributed by atoms with E-state index in [9.17, 15) is 28.8 Å². The number of aromatic amines is 2. The maximum atomic E-state index is 12.3. The third kappa shape index (κ3) is 7.48. The second-order valence-electron chi connectivity index (χ2n) is 8.72. The first kappa shape index (κ1) is 28.4. The van der Waals surface area contributed by atoms with Gasteiger partial charge in [-0.1, -0.05) is 11.3 Å². The van der Waals surface area contributed by atoms with E-state index in [1.165, 1.54) is 44.2 Å². The summed E-state index contributed by atoms with van der Waals surface area (Å²) >= 11 is 2.60. The molecular formula is C25H25N7O6S2. The average Bonchev–Trinajstić information content (AvgIpc) is 3.54. The molecular weight excluding hydrogens is 558 g/mol. The Bertz CT molecular complexity index is 1690. The summed E-state index contributed by atoms with van der Waals surface area (Å²) in [6.07, 6.45) is 4.59. The molecule has 0 fully saturated rings. The van der Waals surface area contributed by atoms with Gasteiger partial charge in [0.1, 0.15) is 5.00 Å². The molecule has 0 aliphatic heterocycles. The fraction of sp³-hybridized carbons (Fsp3) is 0.240. The zero-order valence-corrected chi connectivity index (χ0v) is 23.1. The summed E-state index contributed by atoms with van der Waals surface area (Å²) in [7, 11) is 0. The van der Waals surface area contributed by atoms with Crippen molar-refractivity contribution in [1.29, 1.82) is 0 Å². The lowest BCUT2D eigenvalue weighted by Gasteiger charge is -2.06. The van der Waals surface area contributed by atoms with Crippen molar-refractivity contribution in [3.8, 4) is 0 Å². The van der Waals surface area contributed by atoms with Crippen LogP contribution >= 0.6 is 22.7 Å². The highest BCUT2D eigenvalue weighted by Crippen LogP contribution is 2.30. The van der Waals surface area contributed by atoms with Crippen LogP contribution in [0.5, 0.6) is 0 Å². The van der Waals surface area contributed by atoms with Gasteiger partial charge in [-0.3, -0.25) is 38.3 Å². The van der Waals surface area contributed by atoms with Gasteiger partial charge < -0.3 is 10.6 Å². The van der Waals surface area contributed by atoms with Crippen LogP contribution < -0.4 is 33.1 Å². The first-order valence-electron chi connectivity index (χ1n) is 12.0. The first-order chi connectivity index (χ1) is 19.1. The van der Waals surface area contributed by atoms with Crippen LogP contribution in [0.4, 0.5) is 15.0 Å². The Kier molecular flexibility index (Phi) is 8.86. The number of hydrogen-bond donors (Lipinski definition) is 4. The van der Waals surface area contributed by atoms with Crippen molar-refractivity contribution in [3.63, 3.8) is 0 Å². The lowest BCUT2D eigenvalue weighted by atomic mass is 10.3. The van der Waals surface area contributed by atoms with Gasteiger partial charge in [0.2, 0.25) is 11.8 Å². The van der Waals surface area contributed by atoms with E-state index >= 15 is 0 Å². The molecule has 0 atom stereocenters. The van der Waals surface area contributed by atoms with Crippen LogP contribution in [0.3, 0.4) is 0 Å². The van der Waals surface area contributed by atoms with E-state index in [0.717, 1.165) is 4.88 Å². The largest absolute Gasteiger partial charge is 0.328 e. The molecule has 2 amide bonds. The van der Waals surface area contributed by atoms with Crippen LogP contribution in [0.15, 0.2) is 60.8 Å². The zero-order chi connectivity index (χ0) is 28.8. The van der Waals surface area contributed by atoms with Gasteiger partial charge in [0, 0.05) is 60.5 Å². The monoisotopic (exact) mass is 583 g/mol. The van der Waals surface area contributed by atoms with Crippen molar-refractivity contribution in [1.82, 2.24) is 19.1 Å². The lowest BCUT2D eigenvalue weighted by molar-refractivity contribution is -0.117. The smallest absolute Gasteiger partial charge is 0.318 e. The van der Waals surface area contributed by atoms with Gasteiger partial charge in [-0.2, -0.15) is 0 Å². The number of thiophene rings is 2. The number of rotatable bonds is 10. The first-order valence-corrected chi connectivity index (χ1v) is 13.6. The van der Waals surface area contributed by atoms with Gasteiger partial charge in [0.15, 0.2) is 0 Å². The SMILES string of the molecule is Cc1cn(CCC(=O)Nc2ccc(/C=N/c3ccc(NC(=O)CCn4cc(C)c(=O)[nH]c4=O)s3)s2)c(=O)[nH]c1=O. The van der Waals surface area contributed by atoms with Gasteiger partial charge >= 0.3 is 11.4 Å². The van der Waals surface area contributed by atoms with Crippen molar-refractivity contribution < 1.29 is 9.59 Å². The van der Waals surface area contributed by atoms with E-state index < -0.39 is 22.5 Å². The molecule has 0 aliphatic carbocycles. The summed E-state index contributed by atoms with van der Waals surface area (Å²) < 4.78 is 2.57. The molecule has 0 saturated carbocycles. The molecule has 0 unspecified atom stereocenters. The number of nitrogens with one attached hydrogen (secondary N) is 4. The molecule has 4 rings (SSSR count). The molecule has 0 aliphatic rings. The number of anilines is 2. The lowest BCUT2D eigenvalue weighted by Crippen LogP contribution is -2.31. The van der Waals surface area contributed by atoms with Crippen LogP contribution in [0, 0.1) is 13.8 Å². The quantitative estimate of drug-likeness (QED) is 0.207. The Labute approximate surface area is 233 Å². The van der Waals surface area contributed by atoms with Crippen LogP contribution in [-0.4, -0.2) is 37.1 Å². The van der Waals surface area contributed by atoms with E-state index in [2.05, 4.69) is 25.6 Å². The predicted octanol–water partition coefficient (Wildman–Crippen LogP) is 1.93. The van der Waals surface area contributed by atoms with Crippen LogP contribution in [0.1, 0.15) is 28.8 Å². The number of H-pyrrole nitrogens is 2. The normalized spacial score (nSPS) is 11.2.